The van der Waals surface area contributed by atoms with E-state index in [1.165, 1.54) is 0 Å². The smallest absolute Gasteiger partial charge is 0.407 e. The van der Waals surface area contributed by atoms with Crippen molar-refractivity contribution in [1.29, 1.82) is 0 Å². The first-order valence-electron chi connectivity index (χ1n) is 10.2. The number of ether oxygens (including phenoxy) is 2. The highest BCUT2D eigenvalue weighted by Gasteiger charge is 2.20. The number of hydrogen-bond donors (Lipinski definition) is 3. The average Bonchev–Trinajstić information content (AvgIpc) is 2.55. The molecule has 0 aliphatic heterocycles. The van der Waals surface area contributed by atoms with E-state index in [1.54, 1.807) is 20.8 Å². The minimum absolute atomic E-state index is 0.180. The lowest BCUT2D eigenvalue weighted by atomic mass is 10.1. The highest BCUT2D eigenvalue weighted by Crippen LogP contribution is 2.10. The van der Waals surface area contributed by atoms with Gasteiger partial charge in [-0.1, -0.05) is 32.1 Å². The fraction of sp³-hybridized carbons (Fsp3) is 0.850. The van der Waals surface area contributed by atoms with E-state index in [2.05, 4.69) is 5.32 Å². The summed E-state index contributed by atoms with van der Waals surface area (Å²) in [6.07, 6.45) is 7.85. The van der Waals surface area contributed by atoms with Crippen LogP contribution in [-0.2, 0) is 19.1 Å². The molecule has 0 aromatic rings. The quantitative estimate of drug-likeness (QED) is 0.342. The van der Waals surface area contributed by atoms with E-state index in [0.717, 1.165) is 44.9 Å². The largest absolute Gasteiger partial charge is 0.444 e. The molecule has 0 aliphatic rings. The third kappa shape index (κ3) is 18.9. The Morgan fingerprint density at radius 2 is 1.39 bits per heavy atom. The van der Waals surface area contributed by atoms with Crippen molar-refractivity contribution in [3.63, 3.8) is 0 Å². The second-order valence-corrected chi connectivity index (χ2v) is 8.11. The van der Waals surface area contributed by atoms with E-state index in [-0.39, 0.29) is 18.4 Å². The number of alkyl carbamates (subject to hydrolysis) is 1. The van der Waals surface area contributed by atoms with E-state index in [4.69, 9.17) is 20.9 Å². The Labute approximate surface area is 169 Å². The lowest BCUT2D eigenvalue weighted by Gasteiger charge is -2.23. The van der Waals surface area contributed by atoms with Crippen molar-refractivity contribution >= 4 is 17.9 Å². The van der Waals surface area contributed by atoms with Crippen molar-refractivity contribution in [2.24, 2.45) is 11.5 Å². The molecule has 164 valence electrons. The molecule has 28 heavy (non-hydrogen) atoms. The Morgan fingerprint density at radius 1 is 0.857 bits per heavy atom. The fourth-order valence-corrected chi connectivity index (χ4v) is 2.60. The van der Waals surface area contributed by atoms with Gasteiger partial charge in [0.25, 0.3) is 0 Å². The van der Waals surface area contributed by atoms with E-state index in [1.807, 2.05) is 0 Å². The number of carbonyl (C=O) groups is 3. The molecule has 5 N–H and O–H groups in total. The van der Waals surface area contributed by atoms with Crippen LogP contribution in [-0.4, -0.2) is 42.8 Å². The lowest BCUT2D eigenvalue weighted by Crippen LogP contribution is -2.42. The van der Waals surface area contributed by atoms with Gasteiger partial charge < -0.3 is 26.3 Å². The van der Waals surface area contributed by atoms with Crippen molar-refractivity contribution in [3.8, 4) is 0 Å². The summed E-state index contributed by atoms with van der Waals surface area (Å²) >= 11 is 0. The van der Waals surface area contributed by atoms with Crippen LogP contribution < -0.4 is 16.8 Å². The van der Waals surface area contributed by atoms with Gasteiger partial charge in [-0.2, -0.15) is 0 Å². The Kier molecular flexibility index (Phi) is 14.1. The minimum atomic E-state index is -0.584. The van der Waals surface area contributed by atoms with Gasteiger partial charge in [-0.05, 0) is 40.0 Å². The van der Waals surface area contributed by atoms with Crippen LogP contribution in [0.1, 0.15) is 85.0 Å². The number of nitrogens with two attached hydrogens (primary N) is 2. The molecule has 0 heterocycles. The maximum Gasteiger partial charge on any atom is 0.407 e. The number of amides is 3. The maximum atomic E-state index is 11.9. The molecule has 0 fully saturated rings. The zero-order chi connectivity index (χ0) is 21.4. The summed E-state index contributed by atoms with van der Waals surface area (Å²) in [6.45, 7) is 6.29. The first kappa shape index (κ1) is 26.2. The summed E-state index contributed by atoms with van der Waals surface area (Å²) in [6, 6.07) is -0.312. The zero-order valence-electron chi connectivity index (χ0n) is 17.8. The minimum Gasteiger partial charge on any atom is -0.444 e. The summed E-state index contributed by atoms with van der Waals surface area (Å²) in [7, 11) is 0. The van der Waals surface area contributed by atoms with Crippen LogP contribution in [0.15, 0.2) is 0 Å². The standard InChI is InChI=1S/C20H39N3O5/c1-20(2,3)28-19(26)23-16(12-13-18(22)25)15-27-14-10-8-6-4-5-7-9-11-17(21)24/h16H,4-15H2,1-3H3,(H2,21,24)(H2,22,25)(H,23,26). The summed E-state index contributed by atoms with van der Waals surface area (Å²) in [5.41, 5.74) is 9.71. The molecule has 0 saturated carbocycles. The first-order chi connectivity index (χ1) is 13.1. The molecule has 0 saturated heterocycles. The van der Waals surface area contributed by atoms with Crippen LogP contribution in [0.25, 0.3) is 0 Å². The van der Waals surface area contributed by atoms with Crippen LogP contribution in [0.4, 0.5) is 4.79 Å². The van der Waals surface area contributed by atoms with Gasteiger partial charge in [-0.15, -0.1) is 0 Å². The van der Waals surface area contributed by atoms with Gasteiger partial charge in [0.05, 0.1) is 12.6 Å². The van der Waals surface area contributed by atoms with Crippen molar-refractivity contribution < 1.29 is 23.9 Å². The average molecular weight is 402 g/mol. The van der Waals surface area contributed by atoms with Gasteiger partial charge in [0.15, 0.2) is 0 Å². The molecular weight excluding hydrogens is 362 g/mol. The van der Waals surface area contributed by atoms with Crippen molar-refractivity contribution in [1.82, 2.24) is 5.32 Å². The number of primary amides is 2. The molecule has 8 nitrogen and oxygen atoms in total. The topological polar surface area (TPSA) is 134 Å². The van der Waals surface area contributed by atoms with Crippen molar-refractivity contribution in [2.75, 3.05) is 13.2 Å². The second kappa shape index (κ2) is 15.1. The molecule has 1 atom stereocenters. The van der Waals surface area contributed by atoms with Gasteiger partial charge in [-0.25, -0.2) is 4.79 Å². The number of unbranched alkanes of at least 4 members (excludes halogenated alkanes) is 6. The number of rotatable bonds is 16. The highest BCUT2D eigenvalue weighted by atomic mass is 16.6. The van der Waals surface area contributed by atoms with Gasteiger partial charge in [0.2, 0.25) is 11.8 Å². The Hall–Kier alpha value is -1.83. The monoisotopic (exact) mass is 401 g/mol. The summed E-state index contributed by atoms with van der Waals surface area (Å²) in [4.78, 5) is 33.5. The predicted molar refractivity (Wildman–Crippen MR) is 109 cm³/mol. The van der Waals surface area contributed by atoms with Gasteiger partial charge >= 0.3 is 6.09 Å². The van der Waals surface area contributed by atoms with Gasteiger partial charge in [0, 0.05) is 19.4 Å². The van der Waals surface area contributed by atoms with E-state index >= 15 is 0 Å². The van der Waals surface area contributed by atoms with Crippen LogP contribution in [0.2, 0.25) is 0 Å². The predicted octanol–water partition coefficient (Wildman–Crippen LogP) is 2.77. The third-order valence-electron chi connectivity index (χ3n) is 3.99. The second-order valence-electron chi connectivity index (χ2n) is 8.11. The van der Waals surface area contributed by atoms with E-state index < -0.39 is 17.6 Å². The van der Waals surface area contributed by atoms with E-state index in [9.17, 15) is 14.4 Å². The molecule has 1 unspecified atom stereocenters. The van der Waals surface area contributed by atoms with Crippen LogP contribution >= 0.6 is 0 Å². The number of nitrogens with one attached hydrogen (secondary N) is 1. The molecule has 0 aromatic carbocycles. The van der Waals surface area contributed by atoms with E-state index in [0.29, 0.717) is 26.1 Å². The van der Waals surface area contributed by atoms with Crippen molar-refractivity contribution in [2.45, 2.75) is 96.6 Å². The van der Waals surface area contributed by atoms with Crippen LogP contribution in [0.5, 0.6) is 0 Å². The first-order valence-corrected chi connectivity index (χ1v) is 10.2. The lowest BCUT2D eigenvalue weighted by molar-refractivity contribution is -0.119. The Morgan fingerprint density at radius 3 is 1.93 bits per heavy atom. The summed E-state index contributed by atoms with van der Waals surface area (Å²) in [5.74, 6) is -0.640. The molecule has 0 aromatic heterocycles. The summed E-state index contributed by atoms with van der Waals surface area (Å²) < 4.78 is 10.9. The molecular formula is C20H39N3O5. The zero-order valence-corrected chi connectivity index (χ0v) is 17.8. The van der Waals surface area contributed by atoms with Crippen molar-refractivity contribution in [3.05, 3.63) is 0 Å². The maximum absolute atomic E-state index is 11.9. The normalized spacial score (nSPS) is 12.4. The van der Waals surface area contributed by atoms with Gasteiger partial charge in [-0.3, -0.25) is 9.59 Å². The molecule has 0 aliphatic carbocycles. The molecule has 3 amide bonds. The Balaban J connectivity index is 3.87. The Bertz CT molecular complexity index is 463. The number of hydrogen-bond acceptors (Lipinski definition) is 5. The highest BCUT2D eigenvalue weighted by molar-refractivity contribution is 5.74. The van der Waals surface area contributed by atoms with Gasteiger partial charge in [0.1, 0.15) is 5.60 Å². The van der Waals surface area contributed by atoms with Crippen LogP contribution in [0.3, 0.4) is 0 Å². The third-order valence-corrected chi connectivity index (χ3v) is 3.99. The molecule has 0 radical (unpaired) electrons. The number of carbonyl (C=O) groups excluding carboxylic acids is 3. The molecule has 8 heteroatoms. The molecule has 0 spiro atoms. The fourth-order valence-electron chi connectivity index (χ4n) is 2.60. The molecule has 0 rings (SSSR count). The van der Waals surface area contributed by atoms with Crippen LogP contribution in [0, 0.1) is 0 Å². The SMILES string of the molecule is CC(C)(C)OC(=O)NC(CCC(N)=O)COCCCCCCCCCC(N)=O. The summed E-state index contributed by atoms with van der Waals surface area (Å²) in [5, 5.41) is 2.74. The molecule has 0 bridgehead atoms.